The van der Waals surface area contributed by atoms with Crippen LogP contribution in [0, 0.1) is 14.5 Å². The van der Waals surface area contributed by atoms with Gasteiger partial charge in [0.1, 0.15) is 11.6 Å². The molecule has 2 aromatic rings. The molecule has 1 aromatic carbocycles. The first-order chi connectivity index (χ1) is 8.61. The highest BCUT2D eigenvalue weighted by Crippen LogP contribution is 2.29. The second-order valence-electron chi connectivity index (χ2n) is 3.84. The van der Waals surface area contributed by atoms with Gasteiger partial charge >= 0.3 is 0 Å². The fourth-order valence-corrected chi connectivity index (χ4v) is 3.22. The summed E-state index contributed by atoms with van der Waals surface area (Å²) >= 11 is 3.85. The van der Waals surface area contributed by atoms with Gasteiger partial charge < -0.3 is 5.32 Å². The van der Waals surface area contributed by atoms with Crippen molar-refractivity contribution < 1.29 is 8.78 Å². The van der Waals surface area contributed by atoms with Crippen LogP contribution in [0.2, 0.25) is 0 Å². The van der Waals surface area contributed by atoms with Crippen LogP contribution in [0.1, 0.15) is 24.1 Å². The first-order valence-electron chi connectivity index (χ1n) is 5.54. The van der Waals surface area contributed by atoms with E-state index in [0.29, 0.717) is 12.1 Å². The van der Waals surface area contributed by atoms with Gasteiger partial charge in [-0.15, -0.1) is 11.3 Å². The van der Waals surface area contributed by atoms with E-state index in [2.05, 4.69) is 27.9 Å². The molecular formula is C13H12F2INS. The van der Waals surface area contributed by atoms with Crippen LogP contribution in [0.3, 0.4) is 0 Å². The Labute approximate surface area is 122 Å². The Morgan fingerprint density at radius 1 is 1.33 bits per heavy atom. The number of thiophene rings is 1. The largest absolute Gasteiger partial charge is 0.306 e. The highest BCUT2D eigenvalue weighted by atomic mass is 127. The van der Waals surface area contributed by atoms with Crippen molar-refractivity contribution >= 4 is 33.9 Å². The molecule has 0 saturated carbocycles. The third-order valence-electron chi connectivity index (χ3n) is 2.60. The predicted molar refractivity (Wildman–Crippen MR) is 78.9 cm³/mol. The number of hydrogen-bond acceptors (Lipinski definition) is 2. The molecule has 96 valence electrons. The molecule has 2 rings (SSSR count). The molecular weight excluding hydrogens is 367 g/mol. The molecule has 1 aromatic heterocycles. The lowest BCUT2D eigenvalue weighted by Crippen LogP contribution is -2.22. The Bertz CT molecular complexity index is 542. The number of halogens is 3. The molecule has 1 unspecified atom stereocenters. The Morgan fingerprint density at radius 2 is 2.11 bits per heavy atom. The second kappa shape index (κ2) is 6.08. The molecule has 0 fully saturated rings. The molecule has 0 saturated heterocycles. The minimum Gasteiger partial charge on any atom is -0.306 e. The van der Waals surface area contributed by atoms with Crippen molar-refractivity contribution in [1.29, 1.82) is 0 Å². The fourth-order valence-electron chi connectivity index (χ4n) is 1.82. The molecule has 1 heterocycles. The fraction of sp³-hybridized carbons (Fsp3) is 0.231. The Balaban J connectivity index is 2.41. The van der Waals surface area contributed by atoms with Crippen LogP contribution in [0.15, 0.2) is 29.6 Å². The Hall–Kier alpha value is -0.530. The van der Waals surface area contributed by atoms with E-state index in [0.717, 1.165) is 14.5 Å². The van der Waals surface area contributed by atoms with Crippen LogP contribution in [0.5, 0.6) is 0 Å². The van der Waals surface area contributed by atoms with E-state index in [1.807, 2.05) is 18.4 Å². The van der Waals surface area contributed by atoms with Gasteiger partial charge in [-0.05, 0) is 52.2 Å². The van der Waals surface area contributed by atoms with Crippen molar-refractivity contribution in [2.75, 3.05) is 6.54 Å². The molecule has 5 heteroatoms. The zero-order valence-corrected chi connectivity index (χ0v) is 12.7. The molecule has 0 spiro atoms. The SMILES string of the molecule is CCNC(c1csc(I)c1)c1ccc(F)cc1F. The lowest BCUT2D eigenvalue weighted by atomic mass is 10.0. The van der Waals surface area contributed by atoms with Crippen LogP contribution in [0.4, 0.5) is 8.78 Å². The summed E-state index contributed by atoms with van der Waals surface area (Å²) in [6, 6.07) is 5.51. The summed E-state index contributed by atoms with van der Waals surface area (Å²) in [7, 11) is 0. The quantitative estimate of drug-likeness (QED) is 0.780. The zero-order chi connectivity index (χ0) is 13.1. The van der Waals surface area contributed by atoms with E-state index in [1.54, 1.807) is 11.3 Å². The lowest BCUT2D eigenvalue weighted by Gasteiger charge is -2.18. The topological polar surface area (TPSA) is 12.0 Å². The van der Waals surface area contributed by atoms with Crippen LogP contribution in [-0.2, 0) is 0 Å². The monoisotopic (exact) mass is 379 g/mol. The standard InChI is InChI=1S/C13H12F2INS/c1-2-17-13(8-5-12(16)18-7-8)10-4-3-9(14)6-11(10)15/h3-7,13,17H,2H2,1H3. The van der Waals surface area contributed by atoms with Crippen molar-refractivity contribution in [3.05, 3.63) is 55.3 Å². The van der Waals surface area contributed by atoms with Gasteiger partial charge in [-0.25, -0.2) is 8.78 Å². The van der Waals surface area contributed by atoms with Gasteiger partial charge in [0, 0.05) is 11.6 Å². The van der Waals surface area contributed by atoms with Gasteiger partial charge in [-0.1, -0.05) is 13.0 Å². The van der Waals surface area contributed by atoms with E-state index >= 15 is 0 Å². The molecule has 0 aliphatic rings. The molecule has 1 nitrogen and oxygen atoms in total. The highest BCUT2D eigenvalue weighted by Gasteiger charge is 2.18. The van der Waals surface area contributed by atoms with Gasteiger partial charge in [-0.3, -0.25) is 0 Å². The smallest absolute Gasteiger partial charge is 0.131 e. The first kappa shape index (κ1) is 13.9. The molecule has 0 bridgehead atoms. The summed E-state index contributed by atoms with van der Waals surface area (Å²) < 4.78 is 27.9. The van der Waals surface area contributed by atoms with Gasteiger partial charge in [-0.2, -0.15) is 0 Å². The number of nitrogens with one attached hydrogen (secondary N) is 1. The van der Waals surface area contributed by atoms with Crippen molar-refractivity contribution in [1.82, 2.24) is 5.32 Å². The molecule has 0 radical (unpaired) electrons. The average molecular weight is 379 g/mol. The third-order valence-corrected chi connectivity index (χ3v) is 4.41. The number of hydrogen-bond donors (Lipinski definition) is 1. The van der Waals surface area contributed by atoms with Crippen molar-refractivity contribution in [2.24, 2.45) is 0 Å². The minimum absolute atomic E-state index is 0.227. The Morgan fingerprint density at radius 3 is 2.67 bits per heavy atom. The van der Waals surface area contributed by atoms with Gasteiger partial charge in [0.2, 0.25) is 0 Å². The summed E-state index contributed by atoms with van der Waals surface area (Å²) in [5.41, 5.74) is 1.49. The normalized spacial score (nSPS) is 12.7. The van der Waals surface area contributed by atoms with E-state index in [1.165, 1.54) is 12.1 Å². The lowest BCUT2D eigenvalue weighted by molar-refractivity contribution is 0.541. The van der Waals surface area contributed by atoms with Crippen molar-refractivity contribution in [2.45, 2.75) is 13.0 Å². The van der Waals surface area contributed by atoms with Gasteiger partial charge in [0.25, 0.3) is 0 Å². The minimum atomic E-state index is -0.550. The summed E-state index contributed by atoms with van der Waals surface area (Å²) in [5.74, 6) is -1.06. The van der Waals surface area contributed by atoms with E-state index in [9.17, 15) is 8.78 Å². The maximum absolute atomic E-state index is 13.8. The first-order valence-corrected chi connectivity index (χ1v) is 7.50. The van der Waals surface area contributed by atoms with Crippen molar-refractivity contribution in [3.63, 3.8) is 0 Å². The van der Waals surface area contributed by atoms with E-state index in [4.69, 9.17) is 0 Å². The molecule has 1 atom stereocenters. The molecule has 18 heavy (non-hydrogen) atoms. The van der Waals surface area contributed by atoms with E-state index < -0.39 is 11.6 Å². The number of benzene rings is 1. The van der Waals surface area contributed by atoms with Crippen LogP contribution in [-0.4, -0.2) is 6.54 Å². The summed E-state index contributed by atoms with van der Waals surface area (Å²) in [4.78, 5) is 0. The maximum atomic E-state index is 13.8. The molecule has 0 amide bonds. The van der Waals surface area contributed by atoms with Gasteiger partial charge in [0.05, 0.1) is 8.93 Å². The average Bonchev–Trinajstić information content (AvgIpc) is 2.73. The molecule has 0 aliphatic carbocycles. The second-order valence-corrected chi connectivity index (χ2v) is 6.65. The summed E-state index contributed by atoms with van der Waals surface area (Å²) in [6.45, 7) is 2.68. The van der Waals surface area contributed by atoms with Gasteiger partial charge in [0.15, 0.2) is 0 Å². The third kappa shape index (κ3) is 3.07. The van der Waals surface area contributed by atoms with Crippen LogP contribution >= 0.6 is 33.9 Å². The number of rotatable bonds is 4. The van der Waals surface area contributed by atoms with E-state index in [-0.39, 0.29) is 6.04 Å². The van der Waals surface area contributed by atoms with Crippen LogP contribution in [0.25, 0.3) is 0 Å². The van der Waals surface area contributed by atoms with Crippen molar-refractivity contribution in [3.8, 4) is 0 Å². The summed E-state index contributed by atoms with van der Waals surface area (Å²) in [6.07, 6.45) is 0. The Kier molecular flexibility index (Phi) is 4.69. The molecule has 1 N–H and O–H groups in total. The van der Waals surface area contributed by atoms with Crippen LogP contribution < -0.4 is 5.32 Å². The zero-order valence-electron chi connectivity index (χ0n) is 9.71. The maximum Gasteiger partial charge on any atom is 0.131 e. The molecule has 0 aliphatic heterocycles. The summed E-state index contributed by atoms with van der Waals surface area (Å²) in [5, 5.41) is 5.23. The predicted octanol–water partition coefficient (Wildman–Crippen LogP) is 4.33. The highest BCUT2D eigenvalue weighted by molar-refractivity contribution is 14.1.